The first-order chi connectivity index (χ1) is 16.6. The Morgan fingerprint density at radius 3 is 2.56 bits per heavy atom. The summed E-state index contributed by atoms with van der Waals surface area (Å²) in [6.45, 7) is 3.53. The van der Waals surface area contributed by atoms with Crippen LogP contribution in [0, 0.1) is 6.92 Å². The van der Waals surface area contributed by atoms with Gasteiger partial charge in [0.2, 0.25) is 5.91 Å². The smallest absolute Gasteiger partial charge is 0.248 e. The molecule has 0 spiro atoms. The minimum atomic E-state index is -0.379. The number of aromatic nitrogens is 2. The zero-order valence-corrected chi connectivity index (χ0v) is 19.7. The molecule has 1 amide bonds. The molecule has 0 radical (unpaired) electrons. The van der Waals surface area contributed by atoms with E-state index in [1.165, 1.54) is 16.7 Å². The lowest BCUT2D eigenvalue weighted by atomic mass is 10.0. The summed E-state index contributed by atoms with van der Waals surface area (Å²) in [6, 6.07) is 24.6. The summed E-state index contributed by atoms with van der Waals surface area (Å²) in [5.74, 6) is 0.1000. The molecule has 1 aromatic heterocycles. The molecule has 5 rings (SSSR count). The van der Waals surface area contributed by atoms with Crippen LogP contribution in [0.5, 0.6) is 0 Å². The molecular formula is C29H30N4O. The van der Waals surface area contributed by atoms with Gasteiger partial charge in [-0.05, 0) is 54.2 Å². The second-order valence-electron chi connectivity index (χ2n) is 9.02. The summed E-state index contributed by atoms with van der Waals surface area (Å²) in [7, 11) is 1.92. The van der Waals surface area contributed by atoms with E-state index >= 15 is 0 Å². The zero-order valence-electron chi connectivity index (χ0n) is 19.7. The molecular weight excluding hydrogens is 420 g/mol. The van der Waals surface area contributed by atoms with Gasteiger partial charge in [0, 0.05) is 37.6 Å². The molecule has 0 fully saturated rings. The Morgan fingerprint density at radius 2 is 1.82 bits per heavy atom. The Hall–Kier alpha value is -3.70. The van der Waals surface area contributed by atoms with Gasteiger partial charge in [0.05, 0.1) is 6.20 Å². The maximum absolute atomic E-state index is 13.8. The van der Waals surface area contributed by atoms with Crippen LogP contribution in [0.2, 0.25) is 0 Å². The predicted octanol–water partition coefficient (Wildman–Crippen LogP) is 4.86. The van der Waals surface area contributed by atoms with Crippen LogP contribution in [0.1, 0.15) is 28.3 Å². The first-order valence-electron chi connectivity index (χ1n) is 11.9. The summed E-state index contributed by atoms with van der Waals surface area (Å²) in [4.78, 5) is 15.7. The molecule has 2 heterocycles. The number of nitrogens with zero attached hydrogens (tertiary/aromatic N) is 3. The van der Waals surface area contributed by atoms with E-state index in [0.717, 1.165) is 41.8 Å². The number of fused-ring (bicyclic) bond motifs is 1. The largest absolute Gasteiger partial charge is 0.310 e. The number of nitrogens with one attached hydrogen (secondary N) is 1. The summed E-state index contributed by atoms with van der Waals surface area (Å²) in [5, 5.41) is 7.83. The van der Waals surface area contributed by atoms with Crippen LogP contribution in [0.25, 0.3) is 11.1 Å². The number of carbonyl (C=O) groups is 1. The van der Waals surface area contributed by atoms with Crippen LogP contribution in [0.4, 0.5) is 5.69 Å². The van der Waals surface area contributed by atoms with E-state index in [2.05, 4.69) is 59.8 Å². The molecule has 3 aromatic carbocycles. The molecule has 172 valence electrons. The van der Waals surface area contributed by atoms with Gasteiger partial charge in [-0.2, -0.15) is 5.10 Å². The first-order valence-corrected chi connectivity index (χ1v) is 11.9. The molecule has 0 saturated heterocycles. The van der Waals surface area contributed by atoms with Crippen LogP contribution in [-0.2, 0) is 24.7 Å². The second-order valence-corrected chi connectivity index (χ2v) is 9.02. The quantitative estimate of drug-likeness (QED) is 0.438. The van der Waals surface area contributed by atoms with Crippen molar-refractivity contribution in [2.24, 2.45) is 7.05 Å². The molecule has 0 bridgehead atoms. The third kappa shape index (κ3) is 4.66. The summed E-state index contributed by atoms with van der Waals surface area (Å²) >= 11 is 0. The molecule has 0 unspecified atom stereocenters. The van der Waals surface area contributed by atoms with E-state index in [0.29, 0.717) is 6.54 Å². The van der Waals surface area contributed by atoms with Crippen molar-refractivity contribution in [3.05, 3.63) is 107 Å². The zero-order chi connectivity index (χ0) is 23.5. The Bertz CT molecular complexity index is 1280. The maximum Gasteiger partial charge on any atom is 0.248 e. The fourth-order valence-electron chi connectivity index (χ4n) is 4.65. The number of amides is 1. The minimum Gasteiger partial charge on any atom is -0.310 e. The number of carbonyl (C=O) groups excluding carboxylic acids is 1. The predicted molar refractivity (Wildman–Crippen MR) is 137 cm³/mol. The van der Waals surface area contributed by atoms with Gasteiger partial charge in [0.25, 0.3) is 0 Å². The molecule has 0 saturated carbocycles. The SMILES string of the molecule is Cc1ccc(CCN[C@@H](C(=O)N2CCc3cc(-c4cnn(C)c4)ccc32)c2ccccc2)cc1. The highest BCUT2D eigenvalue weighted by Crippen LogP contribution is 2.34. The molecule has 0 aliphatic carbocycles. The van der Waals surface area contributed by atoms with E-state index in [1.807, 2.05) is 59.4 Å². The van der Waals surface area contributed by atoms with Crippen LogP contribution in [0.15, 0.2) is 85.2 Å². The Morgan fingerprint density at radius 1 is 1.03 bits per heavy atom. The van der Waals surface area contributed by atoms with Crippen molar-refractivity contribution in [3.63, 3.8) is 0 Å². The lowest BCUT2D eigenvalue weighted by molar-refractivity contribution is -0.120. The number of benzene rings is 3. The summed E-state index contributed by atoms with van der Waals surface area (Å²) in [6.07, 6.45) is 5.63. The molecule has 34 heavy (non-hydrogen) atoms. The Kier molecular flexibility index (Phi) is 6.28. The van der Waals surface area contributed by atoms with Crippen LogP contribution in [-0.4, -0.2) is 28.8 Å². The molecule has 1 aliphatic rings. The van der Waals surface area contributed by atoms with Crippen molar-refractivity contribution in [1.82, 2.24) is 15.1 Å². The van der Waals surface area contributed by atoms with Gasteiger partial charge in [-0.25, -0.2) is 0 Å². The van der Waals surface area contributed by atoms with Gasteiger partial charge in [-0.3, -0.25) is 9.48 Å². The number of aryl methyl sites for hydroxylation is 2. The molecule has 4 aromatic rings. The number of hydrogen-bond acceptors (Lipinski definition) is 3. The van der Waals surface area contributed by atoms with Gasteiger partial charge >= 0.3 is 0 Å². The molecule has 5 heteroatoms. The van der Waals surface area contributed by atoms with E-state index in [4.69, 9.17) is 0 Å². The van der Waals surface area contributed by atoms with E-state index in [-0.39, 0.29) is 11.9 Å². The molecule has 5 nitrogen and oxygen atoms in total. The van der Waals surface area contributed by atoms with Crippen LogP contribution in [0.3, 0.4) is 0 Å². The average molecular weight is 451 g/mol. The van der Waals surface area contributed by atoms with Crippen molar-refractivity contribution in [2.45, 2.75) is 25.8 Å². The molecule has 1 N–H and O–H groups in total. The van der Waals surface area contributed by atoms with Gasteiger partial charge in [-0.15, -0.1) is 0 Å². The van der Waals surface area contributed by atoms with Crippen molar-refractivity contribution < 1.29 is 4.79 Å². The van der Waals surface area contributed by atoms with Crippen LogP contribution < -0.4 is 10.2 Å². The van der Waals surface area contributed by atoms with E-state index < -0.39 is 0 Å². The Labute approximate surface area is 201 Å². The van der Waals surface area contributed by atoms with Crippen molar-refractivity contribution in [2.75, 3.05) is 18.0 Å². The average Bonchev–Trinajstić information content (AvgIpc) is 3.49. The van der Waals surface area contributed by atoms with Crippen molar-refractivity contribution in [1.29, 1.82) is 0 Å². The van der Waals surface area contributed by atoms with Gasteiger partial charge in [0.15, 0.2) is 0 Å². The Balaban J connectivity index is 1.35. The topological polar surface area (TPSA) is 50.2 Å². The van der Waals surface area contributed by atoms with Gasteiger partial charge in [-0.1, -0.05) is 66.2 Å². The molecule has 1 aliphatic heterocycles. The fourth-order valence-corrected chi connectivity index (χ4v) is 4.65. The third-order valence-corrected chi connectivity index (χ3v) is 6.54. The van der Waals surface area contributed by atoms with Crippen molar-refractivity contribution in [3.8, 4) is 11.1 Å². The lowest BCUT2D eigenvalue weighted by Crippen LogP contribution is -2.41. The highest BCUT2D eigenvalue weighted by molar-refractivity contribution is 5.99. The van der Waals surface area contributed by atoms with Gasteiger partial charge in [0.1, 0.15) is 6.04 Å². The van der Waals surface area contributed by atoms with E-state index in [9.17, 15) is 4.79 Å². The fraction of sp³-hybridized carbons (Fsp3) is 0.241. The normalized spacial score (nSPS) is 13.6. The van der Waals surface area contributed by atoms with Crippen LogP contribution >= 0.6 is 0 Å². The second kappa shape index (κ2) is 9.65. The van der Waals surface area contributed by atoms with Gasteiger partial charge < -0.3 is 10.2 Å². The third-order valence-electron chi connectivity index (χ3n) is 6.54. The lowest BCUT2D eigenvalue weighted by Gasteiger charge is -2.25. The minimum absolute atomic E-state index is 0.1000. The first kappa shape index (κ1) is 22.1. The number of hydrogen-bond donors (Lipinski definition) is 1. The molecule has 1 atom stereocenters. The standard InChI is InChI=1S/C29H30N4O/c1-21-8-10-22(11-9-21)14-16-30-28(23-6-4-3-5-7-23)29(34)33-17-15-25-18-24(12-13-27(25)33)26-19-31-32(2)20-26/h3-13,18-20,28,30H,14-17H2,1-2H3/t28-/m1/s1. The number of anilines is 1. The maximum atomic E-state index is 13.8. The van der Waals surface area contributed by atoms with E-state index in [1.54, 1.807) is 0 Å². The monoisotopic (exact) mass is 450 g/mol. The number of rotatable bonds is 7. The summed E-state index contributed by atoms with van der Waals surface area (Å²) in [5.41, 5.74) is 7.98. The highest BCUT2D eigenvalue weighted by atomic mass is 16.2. The highest BCUT2D eigenvalue weighted by Gasteiger charge is 2.31. The summed E-state index contributed by atoms with van der Waals surface area (Å²) < 4.78 is 1.81. The van der Waals surface area contributed by atoms with Crippen molar-refractivity contribution >= 4 is 11.6 Å².